The zero-order valence-corrected chi connectivity index (χ0v) is 6.43. The Labute approximate surface area is 58.0 Å². The lowest BCUT2D eigenvalue weighted by Gasteiger charge is -2.04. The Morgan fingerprint density at radius 2 is 1.67 bits per heavy atom. The fraction of sp³-hybridized carbons (Fsp3) is 0.778. The summed E-state index contributed by atoms with van der Waals surface area (Å²) < 4.78 is 0. The minimum atomic E-state index is 0.815. The predicted molar refractivity (Wildman–Crippen MR) is 41.2 cm³/mol. The second-order valence-corrected chi connectivity index (χ2v) is 3.42. The molecule has 0 aromatic carbocycles. The Hall–Kier alpha value is -0.260. The van der Waals surface area contributed by atoms with E-state index in [0.29, 0.717) is 0 Å². The highest BCUT2D eigenvalue weighted by atomic mass is 14.3. The summed E-state index contributed by atoms with van der Waals surface area (Å²) in [6, 6.07) is 0. The van der Waals surface area contributed by atoms with Crippen molar-refractivity contribution in [2.45, 2.75) is 26.7 Å². The van der Waals surface area contributed by atoms with Crippen molar-refractivity contribution in [1.82, 2.24) is 0 Å². The highest BCUT2D eigenvalue weighted by Crippen LogP contribution is 2.35. The van der Waals surface area contributed by atoms with Crippen LogP contribution < -0.4 is 0 Å². The van der Waals surface area contributed by atoms with Crippen molar-refractivity contribution in [2.75, 3.05) is 0 Å². The quantitative estimate of drug-likeness (QED) is 0.471. The molecule has 0 saturated heterocycles. The van der Waals surface area contributed by atoms with Crippen LogP contribution in [0.4, 0.5) is 0 Å². The van der Waals surface area contributed by atoms with Gasteiger partial charge in [-0.15, -0.1) is 6.58 Å². The molecule has 0 N–H and O–H groups in total. The molecule has 0 spiro atoms. The van der Waals surface area contributed by atoms with Crippen LogP contribution in [0.2, 0.25) is 0 Å². The monoisotopic (exact) mass is 124 g/mol. The van der Waals surface area contributed by atoms with Crippen LogP contribution in [-0.2, 0) is 0 Å². The molecule has 0 nitrogen and oxygen atoms in total. The topological polar surface area (TPSA) is 0 Å². The molecule has 52 valence electrons. The molecule has 1 fully saturated rings. The second-order valence-electron chi connectivity index (χ2n) is 3.42. The van der Waals surface area contributed by atoms with E-state index in [4.69, 9.17) is 0 Å². The lowest BCUT2D eigenvalue weighted by atomic mass is 10.0. The van der Waals surface area contributed by atoms with Gasteiger partial charge in [-0.25, -0.2) is 0 Å². The average Bonchev–Trinajstić information content (AvgIpc) is 2.13. The molecule has 0 aromatic heterocycles. The molecule has 1 unspecified atom stereocenters. The maximum absolute atomic E-state index is 3.81. The van der Waals surface area contributed by atoms with Crippen LogP contribution in [0.25, 0.3) is 0 Å². The van der Waals surface area contributed by atoms with E-state index in [0.717, 1.165) is 17.8 Å². The van der Waals surface area contributed by atoms with Crippen LogP contribution in [0, 0.1) is 17.8 Å². The molecule has 0 aliphatic heterocycles. The highest BCUT2D eigenvalue weighted by Gasteiger charge is 2.25. The summed E-state index contributed by atoms with van der Waals surface area (Å²) in [6.07, 6.45) is 4.84. The molecule has 0 bridgehead atoms. The minimum Gasteiger partial charge on any atom is -0.103 e. The van der Waals surface area contributed by atoms with Crippen LogP contribution in [-0.4, -0.2) is 0 Å². The molecule has 0 radical (unpaired) electrons. The Morgan fingerprint density at radius 1 is 1.22 bits per heavy atom. The van der Waals surface area contributed by atoms with Gasteiger partial charge in [0.25, 0.3) is 0 Å². The van der Waals surface area contributed by atoms with Gasteiger partial charge in [0, 0.05) is 0 Å². The summed E-state index contributed by atoms with van der Waals surface area (Å²) >= 11 is 0. The van der Waals surface area contributed by atoms with Crippen molar-refractivity contribution in [3.63, 3.8) is 0 Å². The summed E-state index contributed by atoms with van der Waals surface area (Å²) in [4.78, 5) is 0. The van der Waals surface area contributed by atoms with Crippen molar-refractivity contribution < 1.29 is 0 Å². The summed E-state index contributed by atoms with van der Waals surface area (Å²) in [7, 11) is 0. The van der Waals surface area contributed by atoms with E-state index in [-0.39, 0.29) is 0 Å². The van der Waals surface area contributed by atoms with Crippen molar-refractivity contribution in [2.24, 2.45) is 17.8 Å². The molecule has 3 atom stereocenters. The molecule has 1 saturated carbocycles. The van der Waals surface area contributed by atoms with E-state index in [9.17, 15) is 0 Å². The third-order valence-electron chi connectivity index (χ3n) is 2.65. The molecule has 9 heavy (non-hydrogen) atoms. The number of hydrogen-bond donors (Lipinski definition) is 0. The van der Waals surface area contributed by atoms with Crippen molar-refractivity contribution in [3.8, 4) is 0 Å². The summed E-state index contributed by atoms with van der Waals surface area (Å²) in [6.45, 7) is 8.49. The maximum Gasteiger partial charge on any atom is -0.0231 e. The molecular weight excluding hydrogens is 108 g/mol. The highest BCUT2D eigenvalue weighted by molar-refractivity contribution is 4.88. The van der Waals surface area contributed by atoms with Crippen molar-refractivity contribution in [3.05, 3.63) is 12.7 Å². The first kappa shape index (κ1) is 6.85. The van der Waals surface area contributed by atoms with E-state index in [2.05, 4.69) is 26.5 Å². The Kier molecular flexibility index (Phi) is 1.94. The number of allylic oxidation sites excluding steroid dienone is 1. The number of rotatable bonds is 1. The maximum atomic E-state index is 3.81. The van der Waals surface area contributed by atoms with Crippen LogP contribution in [0.3, 0.4) is 0 Å². The molecule has 0 heteroatoms. The van der Waals surface area contributed by atoms with E-state index in [1.165, 1.54) is 12.8 Å². The summed E-state index contributed by atoms with van der Waals surface area (Å²) in [5.74, 6) is 2.66. The smallest absolute Gasteiger partial charge is 0.0231 e. The summed E-state index contributed by atoms with van der Waals surface area (Å²) in [5, 5.41) is 0. The van der Waals surface area contributed by atoms with Gasteiger partial charge in [-0.2, -0.15) is 0 Å². The van der Waals surface area contributed by atoms with Gasteiger partial charge in [-0.05, 0) is 30.6 Å². The van der Waals surface area contributed by atoms with Crippen LogP contribution in [0.5, 0.6) is 0 Å². The molecule has 1 rings (SSSR count). The minimum absolute atomic E-state index is 0.815. The SMILES string of the molecule is C=CC1C[C@@H](C)[C@@H](C)C1. The summed E-state index contributed by atoms with van der Waals surface area (Å²) in [5.41, 5.74) is 0. The third-order valence-corrected chi connectivity index (χ3v) is 2.65. The van der Waals surface area contributed by atoms with Crippen LogP contribution in [0.1, 0.15) is 26.7 Å². The van der Waals surface area contributed by atoms with E-state index in [1.54, 1.807) is 0 Å². The number of hydrogen-bond acceptors (Lipinski definition) is 0. The molecule has 0 aromatic rings. The lowest BCUT2D eigenvalue weighted by molar-refractivity contribution is 0.457. The van der Waals surface area contributed by atoms with Crippen molar-refractivity contribution >= 4 is 0 Å². The van der Waals surface area contributed by atoms with E-state index in [1.807, 2.05) is 0 Å². The first-order valence-electron chi connectivity index (χ1n) is 3.86. The molecule has 0 amide bonds. The first-order chi connectivity index (χ1) is 4.24. The van der Waals surface area contributed by atoms with Gasteiger partial charge < -0.3 is 0 Å². The Morgan fingerprint density at radius 3 is 1.89 bits per heavy atom. The predicted octanol–water partition coefficient (Wildman–Crippen LogP) is 2.85. The zero-order chi connectivity index (χ0) is 6.85. The van der Waals surface area contributed by atoms with E-state index >= 15 is 0 Å². The fourth-order valence-corrected chi connectivity index (χ4v) is 1.71. The molecular formula is C9H16. The van der Waals surface area contributed by atoms with Gasteiger partial charge in [0.05, 0.1) is 0 Å². The van der Waals surface area contributed by atoms with Gasteiger partial charge in [-0.1, -0.05) is 19.9 Å². The van der Waals surface area contributed by atoms with Gasteiger partial charge >= 0.3 is 0 Å². The normalized spacial score (nSPS) is 43.1. The lowest BCUT2D eigenvalue weighted by Crippen LogP contribution is -1.95. The van der Waals surface area contributed by atoms with E-state index < -0.39 is 0 Å². The van der Waals surface area contributed by atoms with Gasteiger partial charge in [0.1, 0.15) is 0 Å². The standard InChI is InChI=1S/C9H16/c1-4-9-5-7(2)8(3)6-9/h4,7-9H,1,5-6H2,2-3H3/t7-,8+,9?. The largest absolute Gasteiger partial charge is 0.103 e. The van der Waals surface area contributed by atoms with Gasteiger partial charge in [0.15, 0.2) is 0 Å². The zero-order valence-electron chi connectivity index (χ0n) is 6.43. The van der Waals surface area contributed by atoms with Gasteiger partial charge in [-0.3, -0.25) is 0 Å². The second kappa shape index (κ2) is 2.55. The van der Waals surface area contributed by atoms with Crippen LogP contribution >= 0.6 is 0 Å². The average molecular weight is 124 g/mol. The third kappa shape index (κ3) is 1.35. The Balaban J connectivity index is 2.43. The fourth-order valence-electron chi connectivity index (χ4n) is 1.71. The molecule has 0 heterocycles. The molecule has 1 aliphatic rings. The van der Waals surface area contributed by atoms with Crippen molar-refractivity contribution in [1.29, 1.82) is 0 Å². The molecule has 1 aliphatic carbocycles. The first-order valence-corrected chi connectivity index (χ1v) is 3.86. The van der Waals surface area contributed by atoms with Crippen LogP contribution in [0.15, 0.2) is 12.7 Å². The van der Waals surface area contributed by atoms with Gasteiger partial charge in [0.2, 0.25) is 0 Å². The Bertz CT molecular complexity index is 94.6.